The maximum atomic E-state index is 13.0. The lowest BCUT2D eigenvalue weighted by Gasteiger charge is -2.38. The topological polar surface area (TPSA) is 105 Å². The van der Waals surface area contributed by atoms with Gasteiger partial charge in [-0.1, -0.05) is 0 Å². The molecule has 3 N–H and O–H groups in total. The van der Waals surface area contributed by atoms with Crippen molar-refractivity contribution in [1.29, 1.82) is 0 Å². The number of carboxylic acid groups (broad SMARTS) is 1. The van der Waals surface area contributed by atoms with E-state index in [0.29, 0.717) is 44.1 Å². The van der Waals surface area contributed by atoms with Crippen LogP contribution < -0.4 is 15.5 Å². The molecule has 2 aromatic rings. The molecule has 3 aliphatic heterocycles. The predicted octanol–water partition coefficient (Wildman–Crippen LogP) is 2.69. The Kier molecular flexibility index (Phi) is 5.60. The second-order valence-corrected chi connectivity index (χ2v) is 8.25. The highest BCUT2D eigenvalue weighted by Crippen LogP contribution is 2.39. The lowest BCUT2D eigenvalue weighted by molar-refractivity contribution is -0.137. The molecular formula is C22H22F3N7O2. The van der Waals surface area contributed by atoms with Crippen LogP contribution in [0.3, 0.4) is 0 Å². The summed E-state index contributed by atoms with van der Waals surface area (Å²) in [6.07, 6.45) is -2.03. The molecule has 1 aromatic heterocycles. The van der Waals surface area contributed by atoms with Crippen LogP contribution in [0.4, 0.5) is 30.4 Å². The Labute approximate surface area is 193 Å². The number of aliphatic imine (C=N–C) groups is 2. The zero-order valence-electron chi connectivity index (χ0n) is 18.0. The van der Waals surface area contributed by atoms with E-state index in [1.807, 2.05) is 12.1 Å². The number of carboxylic acids is 1. The van der Waals surface area contributed by atoms with Crippen LogP contribution in [0.2, 0.25) is 0 Å². The molecule has 0 spiro atoms. The lowest BCUT2D eigenvalue weighted by atomic mass is 10.2. The van der Waals surface area contributed by atoms with Gasteiger partial charge in [0.2, 0.25) is 0 Å². The van der Waals surface area contributed by atoms with Gasteiger partial charge in [-0.3, -0.25) is 14.9 Å². The Hall–Kier alpha value is -3.67. The largest absolute Gasteiger partial charge is 0.476 e. The van der Waals surface area contributed by atoms with Gasteiger partial charge in [0.25, 0.3) is 0 Å². The number of anilines is 3. The van der Waals surface area contributed by atoms with Gasteiger partial charge in [0.05, 0.1) is 29.7 Å². The second kappa shape index (κ2) is 8.60. The van der Waals surface area contributed by atoms with Gasteiger partial charge in [-0.2, -0.15) is 13.2 Å². The lowest BCUT2D eigenvalue weighted by Crippen LogP contribution is -2.52. The molecule has 1 aromatic carbocycles. The van der Waals surface area contributed by atoms with Crippen LogP contribution in [0.15, 0.2) is 46.5 Å². The van der Waals surface area contributed by atoms with E-state index < -0.39 is 17.7 Å². The van der Waals surface area contributed by atoms with Crippen molar-refractivity contribution in [3.05, 3.63) is 47.7 Å². The van der Waals surface area contributed by atoms with E-state index in [1.165, 1.54) is 12.3 Å². The monoisotopic (exact) mass is 473 g/mol. The number of halogens is 3. The zero-order valence-corrected chi connectivity index (χ0v) is 18.0. The van der Waals surface area contributed by atoms with Gasteiger partial charge in [0.15, 0.2) is 5.71 Å². The first kappa shape index (κ1) is 22.1. The smallest absolute Gasteiger partial charge is 0.416 e. The first-order valence-corrected chi connectivity index (χ1v) is 10.8. The van der Waals surface area contributed by atoms with Crippen molar-refractivity contribution >= 4 is 35.1 Å². The molecule has 34 heavy (non-hydrogen) atoms. The maximum Gasteiger partial charge on any atom is 0.416 e. The number of rotatable bonds is 4. The molecule has 1 fully saturated rings. The van der Waals surface area contributed by atoms with Gasteiger partial charge in [0.1, 0.15) is 18.1 Å². The number of aliphatic carboxylic acids is 1. The predicted molar refractivity (Wildman–Crippen MR) is 122 cm³/mol. The molecule has 4 heterocycles. The molecule has 5 rings (SSSR count). The summed E-state index contributed by atoms with van der Waals surface area (Å²) >= 11 is 0. The van der Waals surface area contributed by atoms with Gasteiger partial charge in [-0.05, 0) is 30.3 Å². The highest BCUT2D eigenvalue weighted by Gasteiger charge is 2.33. The van der Waals surface area contributed by atoms with Gasteiger partial charge in [0, 0.05) is 37.9 Å². The molecule has 1 saturated heterocycles. The van der Waals surface area contributed by atoms with Crippen molar-refractivity contribution in [2.24, 2.45) is 9.98 Å². The van der Waals surface area contributed by atoms with E-state index in [4.69, 9.17) is 5.11 Å². The third-order valence-corrected chi connectivity index (χ3v) is 6.10. The fourth-order valence-corrected chi connectivity index (χ4v) is 4.26. The Bertz CT molecular complexity index is 1140. The van der Waals surface area contributed by atoms with Crippen LogP contribution in [0, 0.1) is 0 Å². The maximum absolute atomic E-state index is 13.0. The summed E-state index contributed by atoms with van der Waals surface area (Å²) in [7, 11) is 0. The summed E-state index contributed by atoms with van der Waals surface area (Å²) < 4.78 is 38.9. The molecule has 2 atom stereocenters. The second-order valence-electron chi connectivity index (χ2n) is 8.25. The molecule has 12 heteroatoms. The molecule has 9 nitrogen and oxygen atoms in total. The normalized spacial score (nSPS) is 22.6. The number of nitrogens with zero attached hydrogens (tertiary/aromatic N) is 5. The minimum absolute atomic E-state index is 0.0261. The van der Waals surface area contributed by atoms with E-state index in [9.17, 15) is 18.0 Å². The zero-order chi connectivity index (χ0) is 23.9. The Balaban J connectivity index is 1.19. The molecular weight excluding hydrogens is 451 g/mol. The van der Waals surface area contributed by atoms with Gasteiger partial charge in [-0.25, -0.2) is 9.78 Å². The summed E-state index contributed by atoms with van der Waals surface area (Å²) in [6, 6.07) is 7.38. The van der Waals surface area contributed by atoms with E-state index in [0.717, 1.165) is 23.5 Å². The minimum atomic E-state index is -4.39. The number of nitrogens with one attached hydrogen (secondary N) is 2. The SMILES string of the molecule is O=C(O)C1=NC(N2CCN(c3ccc(C4Nc5ccc(C(F)(F)F)cc5N4)cn3)CC2)CN=C1. The Morgan fingerprint density at radius 1 is 1.06 bits per heavy atom. The van der Waals surface area contributed by atoms with Crippen molar-refractivity contribution in [3.8, 4) is 0 Å². The van der Waals surface area contributed by atoms with Crippen molar-refractivity contribution in [2.75, 3.05) is 48.3 Å². The highest BCUT2D eigenvalue weighted by atomic mass is 19.4. The number of benzene rings is 1. The number of carbonyl (C=O) groups is 1. The van der Waals surface area contributed by atoms with E-state index in [1.54, 1.807) is 6.20 Å². The summed E-state index contributed by atoms with van der Waals surface area (Å²) in [6.45, 7) is 3.25. The van der Waals surface area contributed by atoms with E-state index in [2.05, 4.69) is 35.4 Å². The van der Waals surface area contributed by atoms with Crippen LogP contribution in [-0.2, 0) is 11.0 Å². The van der Waals surface area contributed by atoms with Gasteiger partial charge in [-0.15, -0.1) is 0 Å². The van der Waals surface area contributed by atoms with E-state index >= 15 is 0 Å². The standard InChI is InChI=1S/C22H22F3N7O2/c23-22(24,25)14-2-3-15-16(9-14)30-20(29-15)13-1-4-18(27-10-13)31-5-7-32(8-6-31)19-12-26-11-17(28-19)21(33)34/h1-4,9-11,19-20,29-30H,5-8,12H2,(H,33,34). The summed E-state index contributed by atoms with van der Waals surface area (Å²) in [5.74, 6) is -0.277. The van der Waals surface area contributed by atoms with Gasteiger partial charge < -0.3 is 20.6 Å². The first-order chi connectivity index (χ1) is 16.3. The molecule has 0 saturated carbocycles. The van der Waals surface area contributed by atoms with Crippen LogP contribution in [0.1, 0.15) is 17.3 Å². The fraction of sp³-hybridized carbons (Fsp3) is 0.364. The fourth-order valence-electron chi connectivity index (χ4n) is 4.26. The molecule has 2 unspecified atom stereocenters. The summed E-state index contributed by atoms with van der Waals surface area (Å²) in [5.41, 5.74) is 1.10. The van der Waals surface area contributed by atoms with Crippen LogP contribution in [-0.4, -0.2) is 71.8 Å². The number of fused-ring (bicyclic) bond motifs is 1. The average Bonchev–Trinajstić information content (AvgIpc) is 3.27. The number of piperazine rings is 1. The van der Waals surface area contributed by atoms with Crippen molar-refractivity contribution in [1.82, 2.24) is 9.88 Å². The molecule has 0 amide bonds. The Morgan fingerprint density at radius 2 is 1.82 bits per heavy atom. The third kappa shape index (κ3) is 4.40. The van der Waals surface area contributed by atoms with Crippen LogP contribution in [0.5, 0.6) is 0 Å². The molecule has 0 aliphatic carbocycles. The van der Waals surface area contributed by atoms with Crippen molar-refractivity contribution < 1.29 is 23.1 Å². The van der Waals surface area contributed by atoms with Crippen molar-refractivity contribution in [3.63, 3.8) is 0 Å². The quantitative estimate of drug-likeness (QED) is 0.627. The first-order valence-electron chi connectivity index (χ1n) is 10.8. The molecule has 3 aliphatic rings. The number of hydrogen-bond acceptors (Lipinski definition) is 8. The number of aromatic nitrogens is 1. The highest BCUT2D eigenvalue weighted by molar-refractivity contribution is 6.59. The molecule has 0 bridgehead atoms. The number of hydrogen-bond donors (Lipinski definition) is 3. The Morgan fingerprint density at radius 3 is 2.50 bits per heavy atom. The minimum Gasteiger partial charge on any atom is -0.476 e. The number of pyridine rings is 1. The molecule has 0 radical (unpaired) electrons. The third-order valence-electron chi connectivity index (χ3n) is 6.10. The number of alkyl halides is 3. The molecule has 178 valence electrons. The van der Waals surface area contributed by atoms with E-state index in [-0.39, 0.29) is 18.0 Å². The summed E-state index contributed by atoms with van der Waals surface area (Å²) in [5, 5.41) is 15.4. The van der Waals surface area contributed by atoms with Gasteiger partial charge >= 0.3 is 12.1 Å². The van der Waals surface area contributed by atoms with Crippen molar-refractivity contribution in [2.45, 2.75) is 18.5 Å². The average molecular weight is 473 g/mol. The summed E-state index contributed by atoms with van der Waals surface area (Å²) in [4.78, 5) is 28.4. The van der Waals surface area contributed by atoms with Crippen LogP contribution >= 0.6 is 0 Å². The van der Waals surface area contributed by atoms with Crippen LogP contribution in [0.25, 0.3) is 0 Å².